The van der Waals surface area contributed by atoms with Crippen molar-refractivity contribution in [1.29, 1.82) is 0 Å². The molecular weight excluding hydrogens is 467 g/mol. The zero-order valence-electron chi connectivity index (χ0n) is 15.1. The number of alkyl halides is 10. The summed E-state index contributed by atoms with van der Waals surface area (Å²) < 4.78 is 139. The Balaban J connectivity index is 2.02. The fourth-order valence-electron chi connectivity index (χ4n) is 3.05. The Labute approximate surface area is 170 Å². The lowest BCUT2D eigenvalue weighted by Crippen LogP contribution is -2.46. The van der Waals surface area contributed by atoms with Gasteiger partial charge in [-0.15, -0.1) is 0 Å². The summed E-state index contributed by atoms with van der Waals surface area (Å²) in [6.07, 6.45) is -11.1. The molecule has 2 aliphatic rings. The largest absolute Gasteiger partial charge is 0.478 e. The highest BCUT2D eigenvalue weighted by Crippen LogP contribution is 2.76. The average Bonchev–Trinajstić information content (AvgIpc) is 3.29. The third-order valence-electron chi connectivity index (χ3n) is 4.51. The van der Waals surface area contributed by atoms with E-state index in [1.165, 1.54) is 0 Å². The lowest BCUT2D eigenvalue weighted by molar-refractivity contribution is -0.261. The van der Waals surface area contributed by atoms with Crippen molar-refractivity contribution in [3.05, 3.63) is 59.4 Å². The maximum Gasteiger partial charge on any atom is 0.458 e. The Morgan fingerprint density at radius 1 is 0.839 bits per heavy atom. The summed E-state index contributed by atoms with van der Waals surface area (Å²) in [7, 11) is -5.43. The summed E-state index contributed by atoms with van der Waals surface area (Å²) in [5, 5.41) is -1.42. The van der Waals surface area contributed by atoms with Gasteiger partial charge in [0.1, 0.15) is 12.6 Å². The molecule has 0 saturated heterocycles. The second-order valence-electron chi connectivity index (χ2n) is 6.57. The average molecular weight is 479 g/mol. The smallest absolute Gasteiger partial charge is 0.458 e. The van der Waals surface area contributed by atoms with E-state index >= 15 is 0 Å². The van der Waals surface area contributed by atoms with Crippen molar-refractivity contribution in [2.45, 2.75) is 29.7 Å². The standard InChI is InChI=1S/C18H12F10NOP/c19-15(20,21)17(25,26)31(18(27,28)16(22,23)24)13-8-4-7-11(13)14-29-12(9-30-14)10-5-2-1-3-6-10/h1-8,11-12H,9H2/t11?,12-/m1/s1. The Morgan fingerprint density at radius 3 is 1.90 bits per heavy atom. The number of hydrogen-bond acceptors (Lipinski definition) is 2. The van der Waals surface area contributed by atoms with Gasteiger partial charge < -0.3 is 4.74 Å². The normalized spacial score (nSPS) is 22.5. The van der Waals surface area contributed by atoms with Crippen LogP contribution in [0.4, 0.5) is 43.9 Å². The maximum atomic E-state index is 14.0. The minimum atomic E-state index is -6.63. The molecule has 0 bridgehead atoms. The van der Waals surface area contributed by atoms with Crippen molar-refractivity contribution in [2.75, 3.05) is 6.61 Å². The quantitative estimate of drug-likeness (QED) is 0.329. The molecule has 2 nitrogen and oxygen atoms in total. The number of hydrogen-bond donors (Lipinski definition) is 0. The van der Waals surface area contributed by atoms with Gasteiger partial charge in [0, 0.05) is 0 Å². The van der Waals surface area contributed by atoms with Crippen LogP contribution < -0.4 is 0 Å². The van der Waals surface area contributed by atoms with E-state index in [-0.39, 0.29) is 6.61 Å². The van der Waals surface area contributed by atoms with Crippen molar-refractivity contribution in [3.8, 4) is 0 Å². The maximum absolute atomic E-state index is 14.0. The first-order valence-electron chi connectivity index (χ1n) is 8.51. The molecule has 3 rings (SSSR count). The van der Waals surface area contributed by atoms with Gasteiger partial charge >= 0.3 is 23.7 Å². The molecule has 0 radical (unpaired) electrons. The SMILES string of the molecule is FC(F)(F)C(F)(F)P(C1=CC=CC1C1=N[C@@H](c2ccccc2)CO1)C(F)(F)C(F)(F)F. The summed E-state index contributed by atoms with van der Waals surface area (Å²) in [5.41, 5.74) is -12.1. The second-order valence-corrected chi connectivity index (χ2v) is 8.88. The minimum absolute atomic E-state index is 0.180. The van der Waals surface area contributed by atoms with E-state index in [0.29, 0.717) is 11.6 Å². The third-order valence-corrected chi connectivity index (χ3v) is 7.09. The molecule has 1 aromatic rings. The van der Waals surface area contributed by atoms with Crippen molar-refractivity contribution in [1.82, 2.24) is 0 Å². The molecule has 0 spiro atoms. The van der Waals surface area contributed by atoms with E-state index in [4.69, 9.17) is 4.74 Å². The number of aliphatic imine (C=N–C) groups is 1. The topological polar surface area (TPSA) is 21.6 Å². The first-order valence-corrected chi connectivity index (χ1v) is 9.85. The fourth-order valence-corrected chi connectivity index (χ4v) is 5.27. The zero-order valence-corrected chi connectivity index (χ0v) is 16.0. The molecule has 1 aromatic carbocycles. The molecule has 1 aliphatic heterocycles. The number of halogens is 10. The van der Waals surface area contributed by atoms with Crippen LogP contribution in [0, 0.1) is 5.92 Å². The molecule has 1 heterocycles. The summed E-state index contributed by atoms with van der Waals surface area (Å²) in [6.45, 7) is -0.180. The molecule has 13 heteroatoms. The lowest BCUT2D eigenvalue weighted by Gasteiger charge is -2.37. The molecule has 31 heavy (non-hydrogen) atoms. The van der Waals surface area contributed by atoms with E-state index in [1.807, 2.05) is 0 Å². The van der Waals surface area contributed by atoms with Gasteiger partial charge in [0.15, 0.2) is 5.90 Å². The molecule has 0 amide bonds. The molecule has 1 unspecified atom stereocenters. The van der Waals surface area contributed by atoms with E-state index in [0.717, 1.165) is 12.2 Å². The first-order chi connectivity index (χ1) is 14.2. The Morgan fingerprint density at radius 2 is 1.39 bits per heavy atom. The molecular formula is C18H12F10NOP. The van der Waals surface area contributed by atoms with E-state index < -0.39 is 54.8 Å². The van der Waals surface area contributed by atoms with Crippen molar-refractivity contribution in [2.24, 2.45) is 10.9 Å². The number of rotatable bonds is 5. The van der Waals surface area contributed by atoms with Gasteiger partial charge in [-0.1, -0.05) is 48.6 Å². The highest BCUT2D eigenvalue weighted by molar-refractivity contribution is 7.64. The third kappa shape index (κ3) is 4.18. The number of nitrogens with zero attached hydrogens (tertiary/aromatic N) is 1. The van der Waals surface area contributed by atoms with Crippen LogP contribution in [0.15, 0.2) is 58.9 Å². The van der Waals surface area contributed by atoms with Gasteiger partial charge in [-0.3, -0.25) is 0 Å². The summed E-state index contributed by atoms with van der Waals surface area (Å²) in [4.78, 5) is 4.02. The number of benzene rings is 1. The highest BCUT2D eigenvalue weighted by atomic mass is 31.1. The van der Waals surface area contributed by atoms with Crippen LogP contribution in [0.3, 0.4) is 0 Å². The van der Waals surface area contributed by atoms with Crippen LogP contribution in [0.25, 0.3) is 0 Å². The van der Waals surface area contributed by atoms with Crippen LogP contribution in [-0.2, 0) is 4.74 Å². The van der Waals surface area contributed by atoms with Gasteiger partial charge in [0.25, 0.3) is 0 Å². The van der Waals surface area contributed by atoms with E-state index in [9.17, 15) is 43.9 Å². The van der Waals surface area contributed by atoms with Crippen LogP contribution in [0.5, 0.6) is 0 Å². The molecule has 170 valence electrons. The second kappa shape index (κ2) is 7.79. The number of ether oxygens (including phenoxy) is 1. The molecule has 2 atom stereocenters. The number of allylic oxidation sites excluding steroid dienone is 2. The monoisotopic (exact) mass is 479 g/mol. The van der Waals surface area contributed by atoms with Crippen molar-refractivity contribution in [3.63, 3.8) is 0 Å². The molecule has 0 N–H and O–H groups in total. The van der Waals surface area contributed by atoms with E-state index in [2.05, 4.69) is 4.99 Å². The highest BCUT2D eigenvalue weighted by Gasteiger charge is 2.77. The van der Waals surface area contributed by atoms with Crippen molar-refractivity contribution < 1.29 is 48.6 Å². The first kappa shape index (κ1) is 23.6. The van der Waals surface area contributed by atoms with Gasteiger partial charge in [0.05, 0.1) is 13.8 Å². The molecule has 0 saturated carbocycles. The Bertz CT molecular complexity index is 878. The molecule has 0 aromatic heterocycles. The minimum Gasteiger partial charge on any atom is -0.478 e. The predicted molar refractivity (Wildman–Crippen MR) is 92.2 cm³/mol. The Kier molecular flexibility index (Phi) is 5.92. The van der Waals surface area contributed by atoms with Crippen molar-refractivity contribution >= 4 is 13.8 Å². The zero-order chi connectivity index (χ0) is 23.2. The van der Waals surface area contributed by atoms with Crippen LogP contribution >= 0.6 is 7.92 Å². The summed E-state index contributed by atoms with van der Waals surface area (Å²) in [6, 6.07) is 7.46. The fraction of sp³-hybridized carbons (Fsp3) is 0.389. The predicted octanol–water partition coefficient (Wildman–Crippen LogP) is 7.02. The summed E-state index contributed by atoms with van der Waals surface area (Å²) >= 11 is 0. The van der Waals surface area contributed by atoms with Crippen LogP contribution in [-0.4, -0.2) is 36.2 Å². The van der Waals surface area contributed by atoms with E-state index in [1.54, 1.807) is 30.3 Å². The van der Waals surface area contributed by atoms with Crippen LogP contribution in [0.1, 0.15) is 11.6 Å². The van der Waals surface area contributed by atoms with Gasteiger partial charge in [-0.2, -0.15) is 43.9 Å². The summed E-state index contributed by atoms with van der Waals surface area (Å²) in [5.74, 6) is -2.31. The van der Waals surface area contributed by atoms with Gasteiger partial charge in [-0.25, -0.2) is 4.99 Å². The van der Waals surface area contributed by atoms with Gasteiger partial charge in [-0.05, 0) is 10.9 Å². The Hall–Kier alpha value is -2.10. The molecule has 1 aliphatic carbocycles. The molecule has 0 fully saturated rings. The van der Waals surface area contributed by atoms with Gasteiger partial charge in [0.2, 0.25) is 0 Å². The lowest BCUT2D eigenvalue weighted by atomic mass is 10.1. The van der Waals surface area contributed by atoms with Crippen LogP contribution in [0.2, 0.25) is 0 Å².